The molecule has 1 aromatic rings. The fourth-order valence-electron chi connectivity index (χ4n) is 2.59. The van der Waals surface area contributed by atoms with Crippen molar-refractivity contribution >= 4 is 15.5 Å². The maximum absolute atomic E-state index is 14.1. The van der Waals surface area contributed by atoms with Crippen LogP contribution in [0.1, 0.15) is 25.5 Å². The van der Waals surface area contributed by atoms with Crippen molar-refractivity contribution in [1.29, 1.82) is 0 Å². The van der Waals surface area contributed by atoms with Crippen molar-refractivity contribution in [2.45, 2.75) is 19.9 Å². The van der Waals surface area contributed by atoms with Crippen LogP contribution in [-0.4, -0.2) is 39.6 Å². The lowest BCUT2D eigenvalue weighted by Gasteiger charge is -2.32. The first-order valence-electron chi connectivity index (χ1n) is 6.92. The molecule has 1 aliphatic heterocycles. The Morgan fingerprint density at radius 2 is 2.00 bits per heavy atom. The molecular formula is C14H21FN2O2S. The molecule has 6 heteroatoms. The second kappa shape index (κ2) is 6.10. The van der Waals surface area contributed by atoms with E-state index in [0.29, 0.717) is 18.7 Å². The monoisotopic (exact) mass is 300 g/mol. The number of benzene rings is 1. The highest BCUT2D eigenvalue weighted by molar-refractivity contribution is 7.91. The molecular weight excluding hydrogens is 279 g/mol. The molecule has 20 heavy (non-hydrogen) atoms. The zero-order valence-electron chi connectivity index (χ0n) is 11.9. The minimum atomic E-state index is -2.93. The van der Waals surface area contributed by atoms with Gasteiger partial charge in [0, 0.05) is 30.4 Å². The fraction of sp³-hybridized carbons (Fsp3) is 0.571. The van der Waals surface area contributed by atoms with Crippen LogP contribution >= 0.6 is 0 Å². The number of anilines is 1. The van der Waals surface area contributed by atoms with Gasteiger partial charge in [-0.2, -0.15) is 0 Å². The van der Waals surface area contributed by atoms with Gasteiger partial charge < -0.3 is 10.2 Å². The number of nitrogens with one attached hydrogen (secondary N) is 1. The van der Waals surface area contributed by atoms with Crippen molar-refractivity contribution < 1.29 is 12.8 Å². The summed E-state index contributed by atoms with van der Waals surface area (Å²) >= 11 is 0. The molecule has 0 radical (unpaired) electrons. The average Bonchev–Trinajstić information content (AvgIpc) is 2.38. The Balaban J connectivity index is 2.30. The number of rotatable bonds is 4. The number of nitrogens with zero attached hydrogens (tertiary/aromatic N) is 1. The summed E-state index contributed by atoms with van der Waals surface area (Å²) in [5, 5.41) is 3.21. The molecule has 0 aliphatic carbocycles. The van der Waals surface area contributed by atoms with Crippen LogP contribution in [0.2, 0.25) is 0 Å². The molecule has 1 saturated heterocycles. The van der Waals surface area contributed by atoms with Crippen LogP contribution in [0.3, 0.4) is 0 Å². The largest absolute Gasteiger partial charge is 0.369 e. The molecule has 0 bridgehead atoms. The summed E-state index contributed by atoms with van der Waals surface area (Å²) in [5.41, 5.74) is 1.42. The second-order valence-corrected chi connectivity index (χ2v) is 7.39. The second-order valence-electron chi connectivity index (χ2n) is 5.09. The van der Waals surface area contributed by atoms with Gasteiger partial charge in [-0.1, -0.05) is 13.0 Å². The predicted molar refractivity (Wildman–Crippen MR) is 79.4 cm³/mol. The topological polar surface area (TPSA) is 49.4 Å². The maximum Gasteiger partial charge on any atom is 0.153 e. The first-order chi connectivity index (χ1) is 9.44. The van der Waals surface area contributed by atoms with Gasteiger partial charge in [-0.25, -0.2) is 12.8 Å². The third-order valence-corrected chi connectivity index (χ3v) is 5.27. The highest BCUT2D eigenvalue weighted by Gasteiger charge is 2.25. The Morgan fingerprint density at radius 1 is 1.35 bits per heavy atom. The van der Waals surface area contributed by atoms with Gasteiger partial charge in [-0.05, 0) is 25.6 Å². The molecule has 0 amide bonds. The Morgan fingerprint density at radius 3 is 2.60 bits per heavy atom. The van der Waals surface area contributed by atoms with E-state index in [1.165, 1.54) is 6.07 Å². The lowest BCUT2D eigenvalue weighted by molar-refractivity contribution is 0.538. The number of halogens is 1. The van der Waals surface area contributed by atoms with Crippen LogP contribution in [0.25, 0.3) is 0 Å². The van der Waals surface area contributed by atoms with Gasteiger partial charge in [-0.3, -0.25) is 0 Å². The van der Waals surface area contributed by atoms with Gasteiger partial charge in [0.15, 0.2) is 9.84 Å². The molecule has 1 aliphatic rings. The van der Waals surface area contributed by atoms with E-state index in [-0.39, 0.29) is 23.4 Å². The smallest absolute Gasteiger partial charge is 0.153 e. The van der Waals surface area contributed by atoms with Crippen molar-refractivity contribution in [3.8, 4) is 0 Å². The minimum absolute atomic E-state index is 0.102. The van der Waals surface area contributed by atoms with Gasteiger partial charge in [0.05, 0.1) is 11.5 Å². The van der Waals surface area contributed by atoms with E-state index in [9.17, 15) is 12.8 Å². The third kappa shape index (κ3) is 3.30. The van der Waals surface area contributed by atoms with Gasteiger partial charge in [0.25, 0.3) is 0 Å². The molecule has 1 atom stereocenters. The van der Waals surface area contributed by atoms with Crippen LogP contribution < -0.4 is 10.2 Å². The summed E-state index contributed by atoms with van der Waals surface area (Å²) in [6.45, 7) is 5.51. The zero-order chi connectivity index (χ0) is 14.8. The van der Waals surface area contributed by atoms with Gasteiger partial charge in [-0.15, -0.1) is 0 Å². The van der Waals surface area contributed by atoms with E-state index in [2.05, 4.69) is 5.32 Å². The van der Waals surface area contributed by atoms with Crippen LogP contribution in [-0.2, 0) is 9.84 Å². The molecule has 1 fully saturated rings. The van der Waals surface area contributed by atoms with Crippen LogP contribution in [0, 0.1) is 5.82 Å². The van der Waals surface area contributed by atoms with E-state index in [4.69, 9.17) is 0 Å². The molecule has 1 heterocycles. The standard InChI is InChI=1S/C14H21FN2O2S/c1-3-16-11(2)14-12(15)5-4-6-13(14)17-7-9-20(18,19)10-8-17/h4-6,11,16H,3,7-10H2,1-2H3. The quantitative estimate of drug-likeness (QED) is 0.920. The number of sulfone groups is 1. The highest BCUT2D eigenvalue weighted by atomic mass is 32.2. The summed E-state index contributed by atoms with van der Waals surface area (Å²) < 4.78 is 37.2. The molecule has 0 saturated carbocycles. The summed E-state index contributed by atoms with van der Waals surface area (Å²) in [6, 6.07) is 4.89. The van der Waals surface area contributed by atoms with Crippen molar-refractivity contribution in [2.75, 3.05) is 36.0 Å². The zero-order valence-corrected chi connectivity index (χ0v) is 12.7. The van der Waals surface area contributed by atoms with E-state index in [1.54, 1.807) is 6.07 Å². The predicted octanol–water partition coefficient (Wildman–Crippen LogP) is 1.73. The molecule has 2 rings (SSSR count). The normalized spacial score (nSPS) is 19.9. The molecule has 1 aromatic carbocycles. The molecule has 112 valence electrons. The summed E-state index contributed by atoms with van der Waals surface area (Å²) in [7, 11) is -2.93. The van der Waals surface area contributed by atoms with Crippen LogP contribution in [0.5, 0.6) is 0 Å². The van der Waals surface area contributed by atoms with Gasteiger partial charge in [0.2, 0.25) is 0 Å². The Kier molecular flexibility index (Phi) is 4.65. The lowest BCUT2D eigenvalue weighted by atomic mass is 10.0. The van der Waals surface area contributed by atoms with E-state index in [1.807, 2.05) is 24.8 Å². The Labute approximate surface area is 119 Å². The summed E-state index contributed by atoms with van der Waals surface area (Å²) in [6.07, 6.45) is 0. The van der Waals surface area contributed by atoms with E-state index >= 15 is 0 Å². The third-order valence-electron chi connectivity index (χ3n) is 3.66. The van der Waals surface area contributed by atoms with E-state index < -0.39 is 9.84 Å². The number of hydrogen-bond donors (Lipinski definition) is 1. The van der Waals surface area contributed by atoms with Gasteiger partial charge >= 0.3 is 0 Å². The Bertz CT molecular complexity index is 561. The SMILES string of the molecule is CCNC(C)c1c(F)cccc1N1CCS(=O)(=O)CC1. The summed E-state index contributed by atoms with van der Waals surface area (Å²) in [4.78, 5) is 1.97. The van der Waals surface area contributed by atoms with Crippen molar-refractivity contribution in [1.82, 2.24) is 5.32 Å². The fourth-order valence-corrected chi connectivity index (χ4v) is 3.79. The summed E-state index contributed by atoms with van der Waals surface area (Å²) in [5.74, 6) is 0.0289. The van der Waals surface area contributed by atoms with Crippen molar-refractivity contribution in [3.05, 3.63) is 29.6 Å². The highest BCUT2D eigenvalue weighted by Crippen LogP contribution is 2.30. The van der Waals surface area contributed by atoms with E-state index in [0.717, 1.165) is 12.2 Å². The molecule has 0 aromatic heterocycles. The Hall–Kier alpha value is -1.14. The van der Waals surface area contributed by atoms with Crippen LogP contribution in [0.4, 0.5) is 10.1 Å². The molecule has 0 spiro atoms. The average molecular weight is 300 g/mol. The number of hydrogen-bond acceptors (Lipinski definition) is 4. The van der Waals surface area contributed by atoms with Gasteiger partial charge in [0.1, 0.15) is 5.82 Å². The van der Waals surface area contributed by atoms with Crippen molar-refractivity contribution in [2.24, 2.45) is 0 Å². The van der Waals surface area contributed by atoms with Crippen LogP contribution in [0.15, 0.2) is 18.2 Å². The minimum Gasteiger partial charge on any atom is -0.369 e. The molecule has 1 N–H and O–H groups in total. The first-order valence-corrected chi connectivity index (χ1v) is 8.74. The maximum atomic E-state index is 14.1. The van der Waals surface area contributed by atoms with Crippen molar-refractivity contribution in [3.63, 3.8) is 0 Å². The lowest BCUT2D eigenvalue weighted by Crippen LogP contribution is -2.41. The molecule has 4 nitrogen and oxygen atoms in total. The molecule has 1 unspecified atom stereocenters. The first kappa shape index (κ1) is 15.3.